The topological polar surface area (TPSA) is 109 Å². The van der Waals surface area contributed by atoms with Crippen molar-refractivity contribution in [2.24, 2.45) is 41.2 Å². The van der Waals surface area contributed by atoms with Gasteiger partial charge in [-0.25, -0.2) is 0 Å². The molecule has 0 aliphatic heterocycles. The number of carbonyl (C=O) groups excluding carboxylic acids is 2. The molecule has 26 heavy (non-hydrogen) atoms. The summed E-state index contributed by atoms with van der Waals surface area (Å²) in [6.45, 7) is 8.41. The molecular formula is C20H36N2O4. The van der Waals surface area contributed by atoms with Crippen LogP contribution in [0.3, 0.4) is 0 Å². The van der Waals surface area contributed by atoms with Gasteiger partial charge in [0.1, 0.15) is 0 Å². The lowest BCUT2D eigenvalue weighted by atomic mass is 9.75. The molecule has 2 aliphatic carbocycles. The molecule has 0 saturated heterocycles. The number of carboxylic acid groups (broad SMARTS) is 1. The van der Waals surface area contributed by atoms with Crippen LogP contribution in [-0.4, -0.2) is 29.4 Å². The summed E-state index contributed by atoms with van der Waals surface area (Å²) in [5, 5.41) is 11.4. The van der Waals surface area contributed by atoms with E-state index in [0.717, 1.165) is 25.7 Å². The second-order valence-electron chi connectivity index (χ2n) is 8.53. The van der Waals surface area contributed by atoms with Crippen LogP contribution in [0.2, 0.25) is 0 Å². The van der Waals surface area contributed by atoms with E-state index in [9.17, 15) is 14.4 Å². The van der Waals surface area contributed by atoms with Crippen LogP contribution >= 0.6 is 0 Å². The molecule has 0 heterocycles. The second-order valence-corrected chi connectivity index (χ2v) is 8.53. The van der Waals surface area contributed by atoms with E-state index in [4.69, 9.17) is 10.8 Å². The van der Waals surface area contributed by atoms with E-state index in [2.05, 4.69) is 26.1 Å². The number of primary amides is 1. The van der Waals surface area contributed by atoms with Crippen molar-refractivity contribution in [1.82, 2.24) is 5.32 Å². The van der Waals surface area contributed by atoms with Crippen LogP contribution < -0.4 is 11.1 Å². The summed E-state index contributed by atoms with van der Waals surface area (Å²) in [6, 6.07) is 0. The summed E-state index contributed by atoms with van der Waals surface area (Å²) >= 11 is 0. The van der Waals surface area contributed by atoms with Crippen molar-refractivity contribution in [3.05, 3.63) is 0 Å². The summed E-state index contributed by atoms with van der Waals surface area (Å²) in [6.07, 6.45) is 6.36. The number of carboxylic acids is 1. The van der Waals surface area contributed by atoms with Crippen molar-refractivity contribution >= 4 is 17.8 Å². The molecule has 6 heteroatoms. The van der Waals surface area contributed by atoms with E-state index in [-0.39, 0.29) is 24.3 Å². The third-order valence-electron chi connectivity index (χ3n) is 6.01. The number of nitrogens with two attached hydrogens (primary N) is 1. The van der Waals surface area contributed by atoms with Gasteiger partial charge < -0.3 is 16.2 Å². The van der Waals surface area contributed by atoms with Crippen molar-refractivity contribution < 1.29 is 19.5 Å². The van der Waals surface area contributed by atoms with Crippen LogP contribution in [0.15, 0.2) is 0 Å². The van der Waals surface area contributed by atoms with E-state index in [1.54, 1.807) is 0 Å². The van der Waals surface area contributed by atoms with Crippen LogP contribution in [0.1, 0.15) is 66.2 Å². The molecule has 6 nitrogen and oxygen atoms in total. The minimum absolute atomic E-state index is 0.0205. The van der Waals surface area contributed by atoms with E-state index in [0.29, 0.717) is 23.7 Å². The Kier molecular flexibility index (Phi) is 9.09. The van der Waals surface area contributed by atoms with Gasteiger partial charge in [0.25, 0.3) is 0 Å². The SMILES string of the molecule is CC1CCC(C)C(C(=O)NCC(N)=O)C1.CC1CCC(C)C(C(=O)O)C1. The largest absolute Gasteiger partial charge is 0.481 e. The molecule has 0 aromatic rings. The Balaban J connectivity index is 0.000000273. The third-order valence-corrected chi connectivity index (χ3v) is 6.01. The van der Waals surface area contributed by atoms with Crippen LogP contribution in [-0.2, 0) is 14.4 Å². The van der Waals surface area contributed by atoms with Gasteiger partial charge in [-0.05, 0) is 49.4 Å². The Bertz CT molecular complexity index is 494. The highest BCUT2D eigenvalue weighted by Crippen LogP contribution is 2.34. The molecular weight excluding hydrogens is 332 g/mol. The Morgan fingerprint density at radius 3 is 1.77 bits per heavy atom. The van der Waals surface area contributed by atoms with Gasteiger partial charge in [0.2, 0.25) is 11.8 Å². The number of hydrogen-bond acceptors (Lipinski definition) is 3. The van der Waals surface area contributed by atoms with Gasteiger partial charge >= 0.3 is 5.97 Å². The summed E-state index contributed by atoms with van der Waals surface area (Å²) < 4.78 is 0. The highest BCUT2D eigenvalue weighted by molar-refractivity contribution is 5.85. The van der Waals surface area contributed by atoms with Gasteiger partial charge in [-0.2, -0.15) is 0 Å². The van der Waals surface area contributed by atoms with Crippen molar-refractivity contribution in [3.8, 4) is 0 Å². The quantitative estimate of drug-likeness (QED) is 0.708. The molecule has 0 aromatic heterocycles. The minimum atomic E-state index is -0.607. The molecule has 6 atom stereocenters. The lowest BCUT2D eigenvalue weighted by Gasteiger charge is -2.31. The number of nitrogens with one attached hydrogen (secondary N) is 1. The number of rotatable bonds is 4. The smallest absolute Gasteiger partial charge is 0.306 e. The molecule has 150 valence electrons. The van der Waals surface area contributed by atoms with E-state index in [1.807, 2.05) is 6.92 Å². The zero-order valence-electron chi connectivity index (χ0n) is 16.7. The Morgan fingerprint density at radius 1 is 0.885 bits per heavy atom. The Morgan fingerprint density at radius 2 is 1.35 bits per heavy atom. The third kappa shape index (κ3) is 7.34. The number of aliphatic carboxylic acids is 1. The molecule has 0 radical (unpaired) electrons. The maximum absolute atomic E-state index is 11.7. The predicted molar refractivity (Wildman–Crippen MR) is 101 cm³/mol. The molecule has 0 bridgehead atoms. The maximum Gasteiger partial charge on any atom is 0.306 e. The summed E-state index contributed by atoms with van der Waals surface area (Å²) in [7, 11) is 0. The fourth-order valence-electron chi connectivity index (χ4n) is 4.08. The molecule has 2 amide bonds. The molecule has 2 rings (SSSR count). The van der Waals surface area contributed by atoms with Gasteiger partial charge in [0, 0.05) is 5.92 Å². The maximum atomic E-state index is 11.7. The summed E-state index contributed by atoms with van der Waals surface area (Å²) in [5.74, 6) is 0.846. The minimum Gasteiger partial charge on any atom is -0.481 e. The zero-order valence-corrected chi connectivity index (χ0v) is 16.7. The van der Waals surface area contributed by atoms with Crippen molar-refractivity contribution in [2.75, 3.05) is 6.54 Å². The average Bonchev–Trinajstić information content (AvgIpc) is 2.57. The monoisotopic (exact) mass is 368 g/mol. The second kappa shape index (κ2) is 10.5. The molecule has 2 fully saturated rings. The Labute approximate surface area is 157 Å². The molecule has 0 aromatic carbocycles. The van der Waals surface area contributed by atoms with E-state index < -0.39 is 11.9 Å². The molecule has 4 N–H and O–H groups in total. The standard InChI is InChI=1S/C11H20N2O2.C9H16O2/c1-7-3-4-8(2)9(5-7)11(15)13-6-10(12)14;1-6-3-4-7(2)8(5-6)9(10)11/h7-9H,3-6H2,1-2H3,(H2,12,14)(H,13,15);6-8H,3-5H2,1-2H3,(H,10,11). The van der Waals surface area contributed by atoms with Gasteiger partial charge in [0.15, 0.2) is 0 Å². The molecule has 2 aliphatic rings. The van der Waals surface area contributed by atoms with Crippen molar-refractivity contribution in [2.45, 2.75) is 66.2 Å². The highest BCUT2D eigenvalue weighted by Gasteiger charge is 2.31. The van der Waals surface area contributed by atoms with Gasteiger partial charge in [-0.15, -0.1) is 0 Å². The first kappa shape index (κ1) is 22.5. The van der Waals surface area contributed by atoms with Gasteiger partial charge in [-0.3, -0.25) is 14.4 Å². The highest BCUT2D eigenvalue weighted by atomic mass is 16.4. The van der Waals surface area contributed by atoms with Crippen LogP contribution in [0.4, 0.5) is 0 Å². The van der Waals surface area contributed by atoms with Crippen molar-refractivity contribution in [1.29, 1.82) is 0 Å². The van der Waals surface area contributed by atoms with Crippen LogP contribution in [0.25, 0.3) is 0 Å². The predicted octanol–water partition coefficient (Wildman–Crippen LogP) is 2.80. The lowest BCUT2D eigenvalue weighted by Crippen LogP contribution is -2.41. The molecule has 6 unspecified atom stereocenters. The van der Waals surface area contributed by atoms with E-state index >= 15 is 0 Å². The van der Waals surface area contributed by atoms with Crippen LogP contribution in [0.5, 0.6) is 0 Å². The fraction of sp³-hybridized carbons (Fsp3) is 0.850. The van der Waals surface area contributed by atoms with Crippen LogP contribution in [0, 0.1) is 35.5 Å². The molecule has 2 saturated carbocycles. The van der Waals surface area contributed by atoms with E-state index in [1.165, 1.54) is 12.8 Å². The zero-order chi connectivity index (χ0) is 19.9. The summed E-state index contributed by atoms with van der Waals surface area (Å²) in [4.78, 5) is 33.0. The molecule has 0 spiro atoms. The van der Waals surface area contributed by atoms with Crippen molar-refractivity contribution in [3.63, 3.8) is 0 Å². The Hall–Kier alpha value is -1.59. The first-order chi connectivity index (χ1) is 12.1. The fourth-order valence-corrected chi connectivity index (χ4v) is 4.08. The lowest BCUT2D eigenvalue weighted by molar-refractivity contribution is -0.145. The number of amides is 2. The van der Waals surface area contributed by atoms with Gasteiger partial charge in [0.05, 0.1) is 12.5 Å². The average molecular weight is 369 g/mol. The first-order valence-electron chi connectivity index (χ1n) is 9.90. The normalized spacial score (nSPS) is 34.2. The first-order valence-corrected chi connectivity index (χ1v) is 9.90. The van der Waals surface area contributed by atoms with Gasteiger partial charge in [-0.1, -0.05) is 40.5 Å². The number of carbonyl (C=O) groups is 3. The summed E-state index contributed by atoms with van der Waals surface area (Å²) in [5.41, 5.74) is 4.98. The number of hydrogen-bond donors (Lipinski definition) is 3.